The van der Waals surface area contributed by atoms with Crippen molar-refractivity contribution in [2.75, 3.05) is 25.5 Å². The van der Waals surface area contributed by atoms with Crippen LogP contribution in [-0.2, 0) is 0 Å². The topological polar surface area (TPSA) is 61.8 Å². The van der Waals surface area contributed by atoms with E-state index in [2.05, 4.69) is 5.32 Å². The molecule has 0 bridgehead atoms. The normalized spacial score (nSPS) is 20.4. The minimum Gasteiger partial charge on any atom is -0.497 e. The molecule has 5 heteroatoms. The van der Waals surface area contributed by atoms with E-state index in [0.29, 0.717) is 18.0 Å². The number of rotatable bonds is 3. The summed E-state index contributed by atoms with van der Waals surface area (Å²) in [6.45, 7) is 3.13. The van der Waals surface area contributed by atoms with Gasteiger partial charge in [-0.15, -0.1) is 0 Å². The Morgan fingerprint density at radius 3 is 3.05 bits per heavy atom. The summed E-state index contributed by atoms with van der Waals surface area (Å²) in [6.07, 6.45) is 1.53. The number of carbonyl (C=O) groups excluding carboxylic acids is 1. The zero-order chi connectivity index (χ0) is 14.5. The number of hydrogen-bond acceptors (Lipinski definition) is 3. The predicted octanol–water partition coefficient (Wildman–Crippen LogP) is 2.32. The Kier molecular flexibility index (Phi) is 4.84. The van der Waals surface area contributed by atoms with E-state index in [-0.39, 0.29) is 18.1 Å². The number of aliphatic hydroxyl groups excluding tert-OH is 1. The van der Waals surface area contributed by atoms with Gasteiger partial charge in [0.2, 0.25) is 0 Å². The van der Waals surface area contributed by atoms with Gasteiger partial charge in [0.15, 0.2) is 0 Å². The number of ether oxygens (including phenoxy) is 1. The van der Waals surface area contributed by atoms with Crippen LogP contribution in [0.4, 0.5) is 10.5 Å². The molecule has 0 aliphatic carbocycles. The van der Waals surface area contributed by atoms with Crippen molar-refractivity contribution in [3.05, 3.63) is 24.3 Å². The first kappa shape index (κ1) is 14.7. The highest BCUT2D eigenvalue weighted by Gasteiger charge is 2.26. The van der Waals surface area contributed by atoms with Gasteiger partial charge in [-0.05, 0) is 31.9 Å². The van der Waals surface area contributed by atoms with Crippen LogP contribution < -0.4 is 10.1 Å². The number of nitrogens with one attached hydrogen (secondary N) is 1. The molecule has 1 heterocycles. The van der Waals surface area contributed by atoms with Crippen LogP contribution in [0.15, 0.2) is 24.3 Å². The van der Waals surface area contributed by atoms with E-state index >= 15 is 0 Å². The van der Waals surface area contributed by atoms with Gasteiger partial charge >= 0.3 is 6.03 Å². The highest BCUT2D eigenvalue weighted by molar-refractivity contribution is 5.89. The Bertz CT molecular complexity index is 462. The summed E-state index contributed by atoms with van der Waals surface area (Å²) in [5.74, 6) is 0.878. The third-order valence-electron chi connectivity index (χ3n) is 3.75. The molecule has 1 aromatic carbocycles. The van der Waals surface area contributed by atoms with Gasteiger partial charge in [0, 0.05) is 30.8 Å². The summed E-state index contributed by atoms with van der Waals surface area (Å²) in [5.41, 5.74) is 0.716. The molecule has 2 N–H and O–H groups in total. The van der Waals surface area contributed by atoms with Crippen LogP contribution in [0, 0.1) is 5.92 Å². The van der Waals surface area contributed by atoms with E-state index in [9.17, 15) is 9.90 Å². The van der Waals surface area contributed by atoms with Crippen molar-refractivity contribution in [1.82, 2.24) is 4.90 Å². The molecular formula is C15H22N2O3. The predicted molar refractivity (Wildman–Crippen MR) is 78.0 cm³/mol. The molecule has 0 aromatic heterocycles. The van der Waals surface area contributed by atoms with Crippen molar-refractivity contribution in [2.24, 2.45) is 5.92 Å². The van der Waals surface area contributed by atoms with Crippen LogP contribution in [0.2, 0.25) is 0 Å². The lowest BCUT2D eigenvalue weighted by molar-refractivity contribution is 0.0766. The Hall–Kier alpha value is -1.75. The van der Waals surface area contributed by atoms with Gasteiger partial charge in [-0.3, -0.25) is 0 Å². The quantitative estimate of drug-likeness (QED) is 0.892. The Morgan fingerprint density at radius 2 is 2.35 bits per heavy atom. The first-order chi connectivity index (χ1) is 9.60. The molecule has 1 aliphatic rings. The number of aliphatic hydroxyl groups is 1. The average molecular weight is 278 g/mol. The molecule has 0 radical (unpaired) electrons. The van der Waals surface area contributed by atoms with Gasteiger partial charge in [-0.2, -0.15) is 0 Å². The molecular weight excluding hydrogens is 256 g/mol. The van der Waals surface area contributed by atoms with E-state index in [4.69, 9.17) is 4.74 Å². The van der Waals surface area contributed by atoms with Crippen molar-refractivity contribution >= 4 is 11.7 Å². The molecule has 2 atom stereocenters. The lowest BCUT2D eigenvalue weighted by atomic mass is 9.94. The standard InChI is InChI=1S/C15H22N2O3/c1-11(18)12-5-4-8-17(10-12)15(19)16-13-6-3-7-14(9-13)20-2/h3,6-7,9,11-12,18H,4-5,8,10H2,1-2H3,(H,16,19). The van der Waals surface area contributed by atoms with Crippen LogP contribution >= 0.6 is 0 Å². The van der Waals surface area contributed by atoms with Gasteiger partial charge < -0.3 is 20.1 Å². The first-order valence-electron chi connectivity index (χ1n) is 6.98. The number of hydrogen-bond donors (Lipinski definition) is 2. The molecule has 2 rings (SSSR count). The fraction of sp³-hybridized carbons (Fsp3) is 0.533. The molecule has 5 nitrogen and oxygen atoms in total. The molecule has 1 aliphatic heterocycles. The Balaban J connectivity index is 1.97. The highest BCUT2D eigenvalue weighted by atomic mass is 16.5. The van der Waals surface area contributed by atoms with Gasteiger partial charge in [0.25, 0.3) is 0 Å². The van der Waals surface area contributed by atoms with Crippen LogP contribution in [0.25, 0.3) is 0 Å². The monoisotopic (exact) mass is 278 g/mol. The molecule has 1 aromatic rings. The van der Waals surface area contributed by atoms with Gasteiger partial charge in [0.05, 0.1) is 13.2 Å². The molecule has 0 spiro atoms. The zero-order valence-corrected chi connectivity index (χ0v) is 12.0. The van der Waals surface area contributed by atoms with E-state index in [0.717, 1.165) is 19.4 Å². The largest absolute Gasteiger partial charge is 0.497 e. The number of anilines is 1. The van der Waals surface area contributed by atoms with Crippen molar-refractivity contribution in [3.8, 4) is 5.75 Å². The van der Waals surface area contributed by atoms with Crippen molar-refractivity contribution in [3.63, 3.8) is 0 Å². The molecule has 0 saturated carbocycles. The number of benzene rings is 1. The van der Waals surface area contributed by atoms with Crippen molar-refractivity contribution in [1.29, 1.82) is 0 Å². The summed E-state index contributed by atoms with van der Waals surface area (Å²) in [6, 6.07) is 7.16. The van der Waals surface area contributed by atoms with Gasteiger partial charge in [-0.1, -0.05) is 6.07 Å². The molecule has 1 saturated heterocycles. The van der Waals surface area contributed by atoms with E-state index in [1.54, 1.807) is 25.0 Å². The van der Waals surface area contributed by atoms with E-state index in [1.165, 1.54) is 0 Å². The van der Waals surface area contributed by atoms with Crippen molar-refractivity contribution in [2.45, 2.75) is 25.9 Å². The van der Waals surface area contributed by atoms with Crippen LogP contribution in [0.1, 0.15) is 19.8 Å². The van der Waals surface area contributed by atoms with E-state index in [1.807, 2.05) is 18.2 Å². The zero-order valence-electron chi connectivity index (χ0n) is 12.0. The number of nitrogens with zero attached hydrogens (tertiary/aromatic N) is 1. The van der Waals surface area contributed by atoms with Gasteiger partial charge in [0.1, 0.15) is 5.75 Å². The minimum atomic E-state index is -0.373. The van der Waals surface area contributed by atoms with Crippen LogP contribution in [-0.4, -0.2) is 42.3 Å². The fourth-order valence-corrected chi connectivity index (χ4v) is 2.49. The third-order valence-corrected chi connectivity index (χ3v) is 3.75. The molecule has 110 valence electrons. The molecule has 2 unspecified atom stereocenters. The lowest BCUT2D eigenvalue weighted by Gasteiger charge is -2.34. The number of methoxy groups -OCH3 is 1. The smallest absolute Gasteiger partial charge is 0.321 e. The van der Waals surface area contributed by atoms with Gasteiger partial charge in [-0.25, -0.2) is 4.79 Å². The van der Waals surface area contributed by atoms with Crippen LogP contribution in [0.3, 0.4) is 0 Å². The number of piperidine rings is 1. The number of likely N-dealkylation sites (tertiary alicyclic amines) is 1. The summed E-state index contributed by atoms with van der Waals surface area (Å²) in [5, 5.41) is 12.5. The minimum absolute atomic E-state index is 0.122. The Labute approximate surface area is 119 Å². The molecule has 1 fully saturated rings. The second-order valence-corrected chi connectivity index (χ2v) is 5.25. The average Bonchev–Trinajstić information content (AvgIpc) is 2.47. The number of urea groups is 1. The summed E-state index contributed by atoms with van der Waals surface area (Å²) in [4.78, 5) is 14.0. The van der Waals surface area contributed by atoms with Crippen molar-refractivity contribution < 1.29 is 14.6 Å². The lowest BCUT2D eigenvalue weighted by Crippen LogP contribution is -2.44. The highest BCUT2D eigenvalue weighted by Crippen LogP contribution is 2.21. The van der Waals surface area contributed by atoms with Crippen LogP contribution in [0.5, 0.6) is 5.75 Å². The fourth-order valence-electron chi connectivity index (χ4n) is 2.49. The maximum absolute atomic E-state index is 12.2. The maximum atomic E-state index is 12.2. The number of carbonyl (C=O) groups is 1. The molecule has 20 heavy (non-hydrogen) atoms. The second-order valence-electron chi connectivity index (χ2n) is 5.25. The molecule has 2 amide bonds. The third kappa shape index (κ3) is 3.63. The summed E-state index contributed by atoms with van der Waals surface area (Å²) in [7, 11) is 1.60. The first-order valence-corrected chi connectivity index (χ1v) is 6.98. The number of amides is 2. The van der Waals surface area contributed by atoms with E-state index < -0.39 is 0 Å². The Morgan fingerprint density at radius 1 is 1.55 bits per heavy atom. The maximum Gasteiger partial charge on any atom is 0.321 e. The summed E-state index contributed by atoms with van der Waals surface area (Å²) >= 11 is 0. The summed E-state index contributed by atoms with van der Waals surface area (Å²) < 4.78 is 5.13. The SMILES string of the molecule is COc1cccc(NC(=O)N2CCCC(C(C)O)C2)c1. The second kappa shape index (κ2) is 6.61.